The van der Waals surface area contributed by atoms with Gasteiger partial charge in [-0.3, -0.25) is 9.36 Å². The molecule has 118 valence electrons. The SMILES string of the molecule is Cc1ccc(-c2c(C)sc3ncn([C@@H](C)C(=O)[O-])c(=O)c23)cc1. The van der Waals surface area contributed by atoms with Gasteiger partial charge >= 0.3 is 0 Å². The number of benzene rings is 1. The Balaban J connectivity index is 2.32. The number of carbonyl (C=O) groups excluding carboxylic acids is 1. The summed E-state index contributed by atoms with van der Waals surface area (Å²) in [4.78, 5) is 29.7. The maximum atomic E-state index is 12.8. The molecule has 0 amide bonds. The zero-order valence-corrected chi connectivity index (χ0v) is 13.8. The summed E-state index contributed by atoms with van der Waals surface area (Å²) >= 11 is 1.43. The van der Waals surface area contributed by atoms with Gasteiger partial charge in [0.2, 0.25) is 0 Å². The molecule has 0 aliphatic carbocycles. The Labute approximate surface area is 136 Å². The number of thiophene rings is 1. The molecule has 3 rings (SSSR count). The van der Waals surface area contributed by atoms with Crippen molar-refractivity contribution < 1.29 is 9.90 Å². The smallest absolute Gasteiger partial charge is 0.263 e. The van der Waals surface area contributed by atoms with Gasteiger partial charge in [0.05, 0.1) is 23.7 Å². The molecule has 0 saturated heterocycles. The minimum Gasteiger partial charge on any atom is -0.548 e. The predicted octanol–water partition coefficient (Wildman–Crippen LogP) is 2.05. The highest BCUT2D eigenvalue weighted by atomic mass is 32.1. The number of aliphatic carboxylic acids is 1. The largest absolute Gasteiger partial charge is 0.548 e. The van der Waals surface area contributed by atoms with E-state index in [2.05, 4.69) is 4.98 Å². The first kappa shape index (κ1) is 15.4. The summed E-state index contributed by atoms with van der Waals surface area (Å²) in [5.41, 5.74) is 2.53. The van der Waals surface area contributed by atoms with Crippen molar-refractivity contribution in [1.82, 2.24) is 9.55 Å². The van der Waals surface area contributed by atoms with Gasteiger partial charge in [0.1, 0.15) is 4.83 Å². The van der Waals surface area contributed by atoms with Crippen LogP contribution in [0.5, 0.6) is 0 Å². The lowest BCUT2D eigenvalue weighted by Crippen LogP contribution is -2.36. The standard InChI is InChI=1S/C17H16N2O3S/c1-9-4-6-12(7-5-9)13-11(3)23-15-14(13)16(20)19(8-18-15)10(2)17(21)22/h4-8,10H,1-3H3,(H,21,22)/p-1/t10-/m0/s1. The van der Waals surface area contributed by atoms with E-state index in [4.69, 9.17) is 0 Å². The number of carboxylic acid groups (broad SMARTS) is 1. The molecule has 0 N–H and O–H groups in total. The van der Waals surface area contributed by atoms with Gasteiger partial charge in [-0.25, -0.2) is 4.98 Å². The van der Waals surface area contributed by atoms with Gasteiger partial charge in [-0.1, -0.05) is 29.8 Å². The monoisotopic (exact) mass is 327 g/mol. The molecular formula is C17H15N2O3S-. The zero-order chi connectivity index (χ0) is 16.7. The molecule has 2 aromatic heterocycles. The van der Waals surface area contributed by atoms with E-state index in [0.29, 0.717) is 10.2 Å². The molecule has 2 heterocycles. The lowest BCUT2D eigenvalue weighted by Gasteiger charge is -2.15. The average Bonchev–Trinajstić information content (AvgIpc) is 2.85. The summed E-state index contributed by atoms with van der Waals surface area (Å²) in [6.07, 6.45) is 1.28. The van der Waals surface area contributed by atoms with Crippen LogP contribution < -0.4 is 10.7 Å². The summed E-state index contributed by atoms with van der Waals surface area (Å²) in [5, 5.41) is 11.6. The lowest BCUT2D eigenvalue weighted by molar-refractivity contribution is -0.309. The van der Waals surface area contributed by atoms with E-state index in [0.717, 1.165) is 26.1 Å². The van der Waals surface area contributed by atoms with Gasteiger partial charge in [-0.05, 0) is 26.3 Å². The molecule has 5 nitrogen and oxygen atoms in total. The van der Waals surface area contributed by atoms with E-state index in [1.54, 1.807) is 0 Å². The van der Waals surface area contributed by atoms with Crippen LogP contribution in [0.2, 0.25) is 0 Å². The fraction of sp³-hybridized carbons (Fsp3) is 0.235. The maximum absolute atomic E-state index is 12.8. The van der Waals surface area contributed by atoms with Crippen molar-refractivity contribution in [3.63, 3.8) is 0 Å². The number of aromatic nitrogens is 2. The first-order valence-electron chi connectivity index (χ1n) is 7.18. The summed E-state index contributed by atoms with van der Waals surface area (Å²) in [6.45, 7) is 5.35. The molecule has 6 heteroatoms. The van der Waals surface area contributed by atoms with Crippen LogP contribution in [-0.4, -0.2) is 15.5 Å². The van der Waals surface area contributed by atoms with Crippen LogP contribution in [-0.2, 0) is 4.79 Å². The summed E-state index contributed by atoms with van der Waals surface area (Å²) < 4.78 is 1.11. The van der Waals surface area contributed by atoms with Crippen molar-refractivity contribution in [3.05, 3.63) is 51.4 Å². The fourth-order valence-electron chi connectivity index (χ4n) is 2.57. The van der Waals surface area contributed by atoms with Crippen molar-refractivity contribution in [1.29, 1.82) is 0 Å². The first-order chi connectivity index (χ1) is 10.9. The highest BCUT2D eigenvalue weighted by molar-refractivity contribution is 7.19. The minimum atomic E-state index is -1.31. The van der Waals surface area contributed by atoms with E-state index in [-0.39, 0.29) is 5.56 Å². The molecule has 23 heavy (non-hydrogen) atoms. The maximum Gasteiger partial charge on any atom is 0.263 e. The lowest BCUT2D eigenvalue weighted by atomic mass is 10.0. The second-order valence-corrected chi connectivity index (χ2v) is 6.73. The Morgan fingerprint density at radius 1 is 1.26 bits per heavy atom. The molecule has 0 aliphatic heterocycles. The number of nitrogens with zero attached hydrogens (tertiary/aromatic N) is 2. The number of hydrogen-bond donors (Lipinski definition) is 0. The number of carboxylic acids is 1. The van der Waals surface area contributed by atoms with Crippen LogP contribution in [0.15, 0.2) is 35.4 Å². The molecule has 0 unspecified atom stereocenters. The van der Waals surface area contributed by atoms with Crippen molar-refractivity contribution in [2.75, 3.05) is 0 Å². The molecule has 0 saturated carbocycles. The third-order valence-corrected chi connectivity index (χ3v) is 4.93. The summed E-state index contributed by atoms with van der Waals surface area (Å²) in [6, 6.07) is 6.82. The van der Waals surface area contributed by atoms with Crippen molar-refractivity contribution in [3.8, 4) is 11.1 Å². The van der Waals surface area contributed by atoms with E-state index in [1.165, 1.54) is 24.6 Å². The van der Waals surface area contributed by atoms with Gasteiger partial charge in [-0.15, -0.1) is 11.3 Å². The van der Waals surface area contributed by atoms with E-state index in [9.17, 15) is 14.7 Å². The molecule has 0 aliphatic rings. The van der Waals surface area contributed by atoms with Gasteiger partial charge in [0, 0.05) is 10.4 Å². The van der Waals surface area contributed by atoms with Gasteiger partial charge in [0.25, 0.3) is 5.56 Å². The van der Waals surface area contributed by atoms with Crippen molar-refractivity contribution in [2.24, 2.45) is 0 Å². The van der Waals surface area contributed by atoms with Gasteiger partial charge in [-0.2, -0.15) is 0 Å². The van der Waals surface area contributed by atoms with Crippen LogP contribution in [0, 0.1) is 13.8 Å². The predicted molar refractivity (Wildman–Crippen MR) is 88.5 cm³/mol. The Morgan fingerprint density at radius 2 is 1.91 bits per heavy atom. The Morgan fingerprint density at radius 3 is 2.52 bits per heavy atom. The molecule has 0 fully saturated rings. The van der Waals surface area contributed by atoms with E-state index in [1.807, 2.05) is 38.1 Å². The van der Waals surface area contributed by atoms with Crippen LogP contribution >= 0.6 is 11.3 Å². The van der Waals surface area contributed by atoms with Gasteiger partial charge < -0.3 is 9.90 Å². The zero-order valence-electron chi connectivity index (χ0n) is 13.0. The highest BCUT2D eigenvalue weighted by Gasteiger charge is 2.18. The third kappa shape index (κ3) is 2.55. The van der Waals surface area contributed by atoms with Crippen LogP contribution in [0.3, 0.4) is 0 Å². The van der Waals surface area contributed by atoms with Crippen LogP contribution in [0.25, 0.3) is 21.3 Å². The van der Waals surface area contributed by atoms with Crippen LogP contribution in [0.1, 0.15) is 23.4 Å². The Hall–Kier alpha value is -2.47. The summed E-state index contributed by atoms with van der Waals surface area (Å²) in [5.74, 6) is -1.31. The number of fused-ring (bicyclic) bond motifs is 1. The third-order valence-electron chi connectivity index (χ3n) is 3.91. The molecule has 1 atom stereocenters. The van der Waals surface area contributed by atoms with Gasteiger partial charge in [0.15, 0.2) is 0 Å². The highest BCUT2D eigenvalue weighted by Crippen LogP contribution is 2.35. The first-order valence-corrected chi connectivity index (χ1v) is 8.00. The summed E-state index contributed by atoms with van der Waals surface area (Å²) in [7, 11) is 0. The number of carbonyl (C=O) groups is 1. The Kier molecular flexibility index (Phi) is 3.77. The average molecular weight is 327 g/mol. The normalized spacial score (nSPS) is 12.5. The van der Waals surface area contributed by atoms with E-state index < -0.39 is 12.0 Å². The van der Waals surface area contributed by atoms with E-state index >= 15 is 0 Å². The second-order valence-electron chi connectivity index (χ2n) is 5.53. The number of aryl methyl sites for hydroxylation is 2. The van der Waals surface area contributed by atoms with Crippen molar-refractivity contribution in [2.45, 2.75) is 26.8 Å². The molecule has 0 radical (unpaired) electrons. The molecule has 1 aromatic carbocycles. The minimum absolute atomic E-state index is 0.355. The van der Waals surface area contributed by atoms with Crippen LogP contribution in [0.4, 0.5) is 0 Å². The quantitative estimate of drug-likeness (QED) is 0.738. The number of hydrogen-bond acceptors (Lipinski definition) is 5. The molecular weight excluding hydrogens is 312 g/mol. The molecule has 0 bridgehead atoms. The molecule has 0 spiro atoms. The second kappa shape index (κ2) is 5.62. The molecule has 3 aromatic rings. The number of rotatable bonds is 3. The Bertz CT molecular complexity index is 954. The van der Waals surface area contributed by atoms with Crippen molar-refractivity contribution >= 4 is 27.5 Å². The topological polar surface area (TPSA) is 75.0 Å². The fourth-order valence-corrected chi connectivity index (χ4v) is 3.58.